The third kappa shape index (κ3) is 3.47. The Morgan fingerprint density at radius 3 is 3.00 bits per heavy atom. The van der Waals surface area contributed by atoms with Gasteiger partial charge in [-0.2, -0.15) is 0 Å². The third-order valence-corrected chi connectivity index (χ3v) is 3.76. The van der Waals surface area contributed by atoms with E-state index >= 15 is 0 Å². The van der Waals surface area contributed by atoms with E-state index in [0.717, 1.165) is 19.6 Å². The monoisotopic (exact) mass is 282 g/mol. The number of methoxy groups -OCH3 is 1. The Kier molecular flexibility index (Phi) is 4.49. The predicted molar refractivity (Wildman–Crippen MR) is 72.4 cm³/mol. The highest BCUT2D eigenvalue weighted by atomic mass is 16.5. The molecule has 112 valence electrons. The molecule has 0 bridgehead atoms. The fourth-order valence-electron chi connectivity index (χ4n) is 2.57. The van der Waals surface area contributed by atoms with E-state index in [0.29, 0.717) is 43.1 Å². The molecule has 1 aliphatic carbocycles. The number of ether oxygens (including phenoxy) is 2. The first kappa shape index (κ1) is 13.8. The van der Waals surface area contributed by atoms with Gasteiger partial charge < -0.3 is 24.5 Å². The molecule has 2 fully saturated rings. The van der Waals surface area contributed by atoms with Crippen LogP contribution in [0, 0.1) is 5.92 Å². The topological polar surface area (TPSA) is 81.4 Å². The summed E-state index contributed by atoms with van der Waals surface area (Å²) in [6, 6.07) is 0.798. The SMILES string of the molecule is COCCNCc1nnc(NC2CCOC2C2CC2)o1. The maximum atomic E-state index is 5.78. The molecule has 1 saturated carbocycles. The van der Waals surface area contributed by atoms with Crippen molar-refractivity contribution in [2.24, 2.45) is 5.92 Å². The van der Waals surface area contributed by atoms with Crippen molar-refractivity contribution in [3.8, 4) is 0 Å². The molecule has 7 nitrogen and oxygen atoms in total. The molecule has 2 N–H and O–H groups in total. The van der Waals surface area contributed by atoms with Crippen molar-refractivity contribution in [1.82, 2.24) is 15.5 Å². The van der Waals surface area contributed by atoms with Crippen LogP contribution in [0.5, 0.6) is 0 Å². The second-order valence-corrected chi connectivity index (χ2v) is 5.38. The maximum Gasteiger partial charge on any atom is 0.315 e. The molecular formula is C13H22N4O3. The molecule has 2 unspecified atom stereocenters. The molecule has 0 radical (unpaired) electrons. The maximum absolute atomic E-state index is 5.78. The van der Waals surface area contributed by atoms with Crippen LogP contribution in [0.3, 0.4) is 0 Å². The summed E-state index contributed by atoms with van der Waals surface area (Å²) in [6.45, 7) is 2.81. The number of anilines is 1. The Hall–Kier alpha value is -1.18. The first-order valence-corrected chi connectivity index (χ1v) is 7.27. The molecule has 20 heavy (non-hydrogen) atoms. The van der Waals surface area contributed by atoms with Crippen molar-refractivity contribution < 1.29 is 13.9 Å². The minimum Gasteiger partial charge on any atom is -0.407 e. The summed E-state index contributed by atoms with van der Waals surface area (Å²) >= 11 is 0. The van der Waals surface area contributed by atoms with Crippen LogP contribution in [0.2, 0.25) is 0 Å². The molecule has 3 rings (SSSR count). The van der Waals surface area contributed by atoms with Crippen molar-refractivity contribution >= 4 is 6.01 Å². The summed E-state index contributed by atoms with van der Waals surface area (Å²) < 4.78 is 16.3. The quantitative estimate of drug-likeness (QED) is 0.682. The van der Waals surface area contributed by atoms with Crippen LogP contribution in [-0.4, -0.2) is 49.2 Å². The number of hydrogen-bond donors (Lipinski definition) is 2. The Morgan fingerprint density at radius 2 is 2.20 bits per heavy atom. The molecule has 2 atom stereocenters. The van der Waals surface area contributed by atoms with Gasteiger partial charge in [-0.05, 0) is 25.2 Å². The van der Waals surface area contributed by atoms with Gasteiger partial charge in [-0.25, -0.2) is 0 Å². The van der Waals surface area contributed by atoms with E-state index in [1.54, 1.807) is 7.11 Å². The molecule has 2 heterocycles. The molecule has 0 spiro atoms. The van der Waals surface area contributed by atoms with Gasteiger partial charge in [0.1, 0.15) is 0 Å². The molecule has 0 amide bonds. The Morgan fingerprint density at radius 1 is 1.30 bits per heavy atom. The van der Waals surface area contributed by atoms with Gasteiger partial charge in [0.15, 0.2) is 0 Å². The molecule has 7 heteroatoms. The van der Waals surface area contributed by atoms with Gasteiger partial charge in [0, 0.05) is 20.3 Å². The van der Waals surface area contributed by atoms with Crippen molar-refractivity contribution in [2.75, 3.05) is 32.2 Å². The highest BCUT2D eigenvalue weighted by Gasteiger charge is 2.41. The van der Waals surface area contributed by atoms with Gasteiger partial charge >= 0.3 is 6.01 Å². The van der Waals surface area contributed by atoms with Crippen LogP contribution < -0.4 is 10.6 Å². The van der Waals surface area contributed by atoms with E-state index in [4.69, 9.17) is 13.9 Å². The molecule has 1 aromatic rings. The molecule has 2 aliphatic rings. The summed E-state index contributed by atoms with van der Waals surface area (Å²) in [5, 5.41) is 14.5. The lowest BCUT2D eigenvalue weighted by molar-refractivity contribution is 0.0895. The standard InChI is InChI=1S/C13H22N4O3/c1-18-7-5-14-8-11-16-17-13(20-11)15-10-4-6-19-12(10)9-2-3-9/h9-10,12,14H,2-8H2,1H3,(H,15,17). The highest BCUT2D eigenvalue weighted by Crippen LogP contribution is 2.39. The number of nitrogens with one attached hydrogen (secondary N) is 2. The lowest BCUT2D eigenvalue weighted by Gasteiger charge is -2.17. The van der Waals surface area contributed by atoms with E-state index < -0.39 is 0 Å². The van der Waals surface area contributed by atoms with Crippen molar-refractivity contribution in [3.63, 3.8) is 0 Å². The Balaban J connectivity index is 1.46. The van der Waals surface area contributed by atoms with E-state index in [1.807, 2.05) is 0 Å². The van der Waals surface area contributed by atoms with E-state index in [9.17, 15) is 0 Å². The molecule has 1 saturated heterocycles. The fraction of sp³-hybridized carbons (Fsp3) is 0.846. The smallest absolute Gasteiger partial charge is 0.315 e. The van der Waals surface area contributed by atoms with Crippen molar-refractivity contribution in [2.45, 2.75) is 38.0 Å². The Bertz CT molecular complexity index is 422. The van der Waals surface area contributed by atoms with E-state index in [2.05, 4.69) is 20.8 Å². The number of hydrogen-bond acceptors (Lipinski definition) is 7. The van der Waals surface area contributed by atoms with Gasteiger partial charge in [-0.3, -0.25) is 0 Å². The first-order valence-electron chi connectivity index (χ1n) is 7.27. The fourth-order valence-corrected chi connectivity index (χ4v) is 2.57. The zero-order valence-corrected chi connectivity index (χ0v) is 11.8. The van der Waals surface area contributed by atoms with E-state index in [1.165, 1.54) is 12.8 Å². The zero-order chi connectivity index (χ0) is 13.8. The second kappa shape index (κ2) is 6.51. The first-order chi connectivity index (χ1) is 9.86. The van der Waals surface area contributed by atoms with Crippen LogP contribution >= 0.6 is 0 Å². The largest absolute Gasteiger partial charge is 0.407 e. The van der Waals surface area contributed by atoms with Gasteiger partial charge in [0.2, 0.25) is 5.89 Å². The number of rotatable bonds is 8. The summed E-state index contributed by atoms with van der Waals surface area (Å²) in [5.74, 6) is 1.30. The normalized spacial score (nSPS) is 26.1. The summed E-state index contributed by atoms with van der Waals surface area (Å²) in [4.78, 5) is 0. The predicted octanol–water partition coefficient (Wildman–Crippen LogP) is 0.785. The van der Waals surface area contributed by atoms with E-state index in [-0.39, 0.29) is 0 Å². The van der Waals surface area contributed by atoms with Gasteiger partial charge in [0.25, 0.3) is 0 Å². The van der Waals surface area contributed by atoms with Crippen LogP contribution in [0.15, 0.2) is 4.42 Å². The molecule has 1 aliphatic heterocycles. The average Bonchev–Trinajstić information content (AvgIpc) is 3.03. The second-order valence-electron chi connectivity index (χ2n) is 5.38. The van der Waals surface area contributed by atoms with Gasteiger partial charge in [-0.15, -0.1) is 5.10 Å². The lowest BCUT2D eigenvalue weighted by atomic mass is 10.1. The molecular weight excluding hydrogens is 260 g/mol. The minimum atomic E-state index is 0.303. The van der Waals surface area contributed by atoms with Crippen LogP contribution in [0.25, 0.3) is 0 Å². The average molecular weight is 282 g/mol. The highest BCUT2D eigenvalue weighted by molar-refractivity contribution is 5.22. The van der Waals surface area contributed by atoms with Crippen molar-refractivity contribution in [1.29, 1.82) is 0 Å². The van der Waals surface area contributed by atoms with Crippen LogP contribution in [-0.2, 0) is 16.0 Å². The lowest BCUT2D eigenvalue weighted by Crippen LogP contribution is -2.31. The van der Waals surface area contributed by atoms with Gasteiger partial charge in [0.05, 0.1) is 25.3 Å². The minimum absolute atomic E-state index is 0.303. The summed E-state index contributed by atoms with van der Waals surface area (Å²) in [7, 11) is 1.68. The van der Waals surface area contributed by atoms with Crippen molar-refractivity contribution in [3.05, 3.63) is 5.89 Å². The number of nitrogens with zero attached hydrogens (tertiary/aromatic N) is 2. The number of aromatic nitrogens is 2. The third-order valence-electron chi connectivity index (χ3n) is 3.76. The van der Waals surface area contributed by atoms with Gasteiger partial charge in [-0.1, -0.05) is 5.10 Å². The van der Waals surface area contributed by atoms with Crippen LogP contribution in [0.1, 0.15) is 25.2 Å². The van der Waals surface area contributed by atoms with Crippen LogP contribution in [0.4, 0.5) is 6.01 Å². The summed E-state index contributed by atoms with van der Waals surface area (Å²) in [5.41, 5.74) is 0. The molecule has 0 aromatic carbocycles. The zero-order valence-electron chi connectivity index (χ0n) is 11.8. The Labute approximate surface area is 118 Å². The molecule has 1 aromatic heterocycles. The summed E-state index contributed by atoms with van der Waals surface area (Å²) in [6.07, 6.45) is 3.87.